The van der Waals surface area contributed by atoms with Crippen molar-refractivity contribution in [3.8, 4) is 11.8 Å². The van der Waals surface area contributed by atoms with E-state index in [1.165, 1.54) is 0 Å². The summed E-state index contributed by atoms with van der Waals surface area (Å²) in [4.78, 5) is 14.4. The van der Waals surface area contributed by atoms with Crippen LogP contribution in [-0.2, 0) is 11.3 Å². The van der Waals surface area contributed by atoms with Gasteiger partial charge in [0.05, 0.1) is 23.9 Å². The van der Waals surface area contributed by atoms with E-state index in [0.717, 1.165) is 5.56 Å². The van der Waals surface area contributed by atoms with Crippen LogP contribution in [0.4, 0.5) is 5.69 Å². The topological polar surface area (TPSA) is 53.3 Å². The van der Waals surface area contributed by atoms with Crippen LogP contribution in [0.15, 0.2) is 42.5 Å². The van der Waals surface area contributed by atoms with Gasteiger partial charge in [0.2, 0.25) is 0 Å². The average molecular weight is 327 g/mol. The van der Waals surface area contributed by atoms with Crippen molar-refractivity contribution in [1.29, 1.82) is 5.26 Å². The number of hydrogen-bond acceptors (Lipinski definition) is 3. The van der Waals surface area contributed by atoms with Gasteiger partial charge in [-0.1, -0.05) is 29.8 Å². The summed E-state index contributed by atoms with van der Waals surface area (Å²) in [5, 5.41) is 9.78. The fraction of sp³-hybridized carbons (Fsp3) is 0.222. The summed E-state index contributed by atoms with van der Waals surface area (Å²) in [5.74, 6) is 0.438. The van der Waals surface area contributed by atoms with E-state index in [1.54, 1.807) is 49.1 Å². The predicted molar refractivity (Wildman–Crippen MR) is 88.5 cm³/mol. The van der Waals surface area contributed by atoms with Gasteiger partial charge in [-0.25, -0.2) is 0 Å². The van der Waals surface area contributed by atoms with Crippen LogP contribution in [-0.4, -0.2) is 11.5 Å². The molecule has 2 aromatic carbocycles. The molecule has 0 fully saturated rings. The normalized spacial score (nSPS) is 15.6. The molecule has 116 valence electrons. The zero-order chi connectivity index (χ0) is 16.6. The summed E-state index contributed by atoms with van der Waals surface area (Å²) in [6.07, 6.45) is 0. The average Bonchev–Trinajstić information content (AvgIpc) is 2.53. The Hall–Kier alpha value is -2.51. The number of ether oxygens (including phenoxy) is 1. The third kappa shape index (κ3) is 2.76. The van der Waals surface area contributed by atoms with Crippen LogP contribution >= 0.6 is 11.6 Å². The van der Waals surface area contributed by atoms with Crippen molar-refractivity contribution in [2.75, 3.05) is 4.90 Å². The SMILES string of the molecule is CC1(C)Oc2ccc(Cl)cc2N(Cc2ccccc2C#N)C1=O. The number of carbonyl (C=O) groups excluding carboxylic acids is 1. The number of fused-ring (bicyclic) bond motifs is 1. The maximum absolute atomic E-state index is 12.8. The third-order valence-electron chi connectivity index (χ3n) is 3.80. The highest BCUT2D eigenvalue weighted by Gasteiger charge is 2.41. The van der Waals surface area contributed by atoms with Gasteiger partial charge < -0.3 is 9.64 Å². The molecule has 1 amide bonds. The molecule has 23 heavy (non-hydrogen) atoms. The summed E-state index contributed by atoms with van der Waals surface area (Å²) in [6.45, 7) is 3.76. The van der Waals surface area contributed by atoms with E-state index < -0.39 is 5.60 Å². The Kier molecular flexibility index (Phi) is 3.75. The van der Waals surface area contributed by atoms with E-state index in [0.29, 0.717) is 28.6 Å². The number of nitrogens with zero attached hydrogens (tertiary/aromatic N) is 2. The van der Waals surface area contributed by atoms with E-state index in [4.69, 9.17) is 16.3 Å². The van der Waals surface area contributed by atoms with Gasteiger partial charge in [-0.15, -0.1) is 0 Å². The van der Waals surface area contributed by atoms with Crippen LogP contribution in [0.1, 0.15) is 25.0 Å². The Morgan fingerprint density at radius 2 is 2.00 bits per heavy atom. The van der Waals surface area contributed by atoms with Gasteiger partial charge in [-0.3, -0.25) is 4.79 Å². The van der Waals surface area contributed by atoms with Crippen molar-refractivity contribution in [1.82, 2.24) is 0 Å². The fourth-order valence-corrected chi connectivity index (χ4v) is 2.80. The molecule has 0 bridgehead atoms. The van der Waals surface area contributed by atoms with E-state index in [2.05, 4.69) is 6.07 Å². The second kappa shape index (κ2) is 5.60. The summed E-state index contributed by atoms with van der Waals surface area (Å²) in [5.41, 5.74) is 0.984. The van der Waals surface area contributed by atoms with Crippen molar-refractivity contribution >= 4 is 23.2 Å². The third-order valence-corrected chi connectivity index (χ3v) is 4.04. The zero-order valence-corrected chi connectivity index (χ0v) is 13.6. The lowest BCUT2D eigenvalue weighted by Gasteiger charge is -2.39. The summed E-state index contributed by atoms with van der Waals surface area (Å²) in [6, 6.07) is 14.6. The molecule has 3 rings (SSSR count). The smallest absolute Gasteiger partial charge is 0.271 e. The largest absolute Gasteiger partial charge is 0.476 e. The van der Waals surface area contributed by atoms with Crippen molar-refractivity contribution < 1.29 is 9.53 Å². The predicted octanol–water partition coefficient (Wildman–Crippen LogP) is 3.92. The molecule has 0 atom stereocenters. The Morgan fingerprint density at radius 1 is 1.26 bits per heavy atom. The Labute approximate surface area is 139 Å². The molecular formula is C18H15ClN2O2. The minimum Gasteiger partial charge on any atom is -0.476 e. The number of benzene rings is 2. The van der Waals surface area contributed by atoms with Gasteiger partial charge in [0.25, 0.3) is 5.91 Å². The van der Waals surface area contributed by atoms with E-state index in [-0.39, 0.29) is 5.91 Å². The van der Waals surface area contributed by atoms with Crippen molar-refractivity contribution in [3.05, 3.63) is 58.6 Å². The maximum atomic E-state index is 12.8. The molecule has 0 aliphatic carbocycles. The number of halogens is 1. The first-order valence-electron chi connectivity index (χ1n) is 7.21. The number of hydrogen-bond donors (Lipinski definition) is 0. The highest BCUT2D eigenvalue weighted by molar-refractivity contribution is 6.31. The van der Waals surface area contributed by atoms with E-state index in [1.807, 2.05) is 12.1 Å². The van der Waals surface area contributed by atoms with E-state index in [9.17, 15) is 10.1 Å². The van der Waals surface area contributed by atoms with Crippen LogP contribution in [0.25, 0.3) is 0 Å². The Bertz CT molecular complexity index is 824. The first kappa shape index (κ1) is 15.4. The molecule has 0 aromatic heterocycles. The maximum Gasteiger partial charge on any atom is 0.271 e. The molecule has 5 heteroatoms. The fourth-order valence-electron chi connectivity index (χ4n) is 2.64. The lowest BCUT2D eigenvalue weighted by atomic mass is 10.0. The van der Waals surface area contributed by atoms with Gasteiger partial charge in [-0.05, 0) is 43.7 Å². The number of amides is 1. The number of nitriles is 1. The quantitative estimate of drug-likeness (QED) is 0.840. The highest BCUT2D eigenvalue weighted by Crippen LogP contribution is 2.40. The molecule has 0 saturated heterocycles. The summed E-state index contributed by atoms with van der Waals surface area (Å²) < 4.78 is 5.80. The second-order valence-corrected chi connectivity index (χ2v) is 6.32. The van der Waals surface area contributed by atoms with Crippen LogP contribution < -0.4 is 9.64 Å². The molecular weight excluding hydrogens is 312 g/mol. The number of carbonyl (C=O) groups is 1. The molecule has 0 unspecified atom stereocenters. The highest BCUT2D eigenvalue weighted by atomic mass is 35.5. The molecule has 2 aromatic rings. The molecule has 0 saturated carbocycles. The van der Waals surface area contributed by atoms with Gasteiger partial charge in [0.15, 0.2) is 5.60 Å². The first-order chi connectivity index (χ1) is 10.9. The minimum absolute atomic E-state index is 0.167. The monoisotopic (exact) mass is 326 g/mol. The molecule has 1 aliphatic rings. The summed E-state index contributed by atoms with van der Waals surface area (Å²) in [7, 11) is 0. The second-order valence-electron chi connectivity index (χ2n) is 5.88. The van der Waals surface area contributed by atoms with Crippen molar-refractivity contribution in [3.63, 3.8) is 0 Å². The van der Waals surface area contributed by atoms with Gasteiger partial charge in [-0.2, -0.15) is 5.26 Å². The standard InChI is InChI=1S/C18H15ClN2O2/c1-18(2)17(22)21(11-13-6-4-3-5-12(13)10-20)15-9-14(19)7-8-16(15)23-18/h3-9H,11H2,1-2H3. The van der Waals surface area contributed by atoms with Crippen molar-refractivity contribution in [2.45, 2.75) is 26.0 Å². The number of anilines is 1. The van der Waals surface area contributed by atoms with Crippen molar-refractivity contribution in [2.24, 2.45) is 0 Å². The van der Waals surface area contributed by atoms with Crippen LogP contribution in [0.5, 0.6) is 5.75 Å². The zero-order valence-electron chi connectivity index (χ0n) is 12.8. The van der Waals surface area contributed by atoms with Crippen LogP contribution in [0.3, 0.4) is 0 Å². The Balaban J connectivity index is 2.08. The molecule has 1 heterocycles. The van der Waals surface area contributed by atoms with Gasteiger partial charge in [0.1, 0.15) is 5.75 Å². The molecule has 4 nitrogen and oxygen atoms in total. The Morgan fingerprint density at radius 3 is 2.74 bits per heavy atom. The number of rotatable bonds is 2. The molecule has 1 aliphatic heterocycles. The summed E-state index contributed by atoms with van der Waals surface area (Å²) >= 11 is 6.08. The van der Waals surface area contributed by atoms with Crippen LogP contribution in [0, 0.1) is 11.3 Å². The van der Waals surface area contributed by atoms with Crippen LogP contribution in [0.2, 0.25) is 5.02 Å². The molecule has 0 radical (unpaired) electrons. The molecule has 0 N–H and O–H groups in total. The van der Waals surface area contributed by atoms with Gasteiger partial charge in [0, 0.05) is 5.02 Å². The molecule has 0 spiro atoms. The van der Waals surface area contributed by atoms with Gasteiger partial charge >= 0.3 is 0 Å². The first-order valence-corrected chi connectivity index (χ1v) is 7.59. The lowest BCUT2D eigenvalue weighted by Crippen LogP contribution is -2.52. The van der Waals surface area contributed by atoms with E-state index >= 15 is 0 Å². The minimum atomic E-state index is -0.970. The lowest BCUT2D eigenvalue weighted by molar-refractivity contribution is -0.132.